The number of aromatic nitrogens is 1. The van der Waals surface area contributed by atoms with E-state index in [1.165, 1.54) is 0 Å². The molecular formula is C14H10BrNOS. The lowest BCUT2D eigenvalue weighted by Gasteiger charge is -2.13. The van der Waals surface area contributed by atoms with Crippen molar-refractivity contribution in [1.82, 2.24) is 4.98 Å². The molecule has 1 N–H and O–H groups in total. The van der Waals surface area contributed by atoms with E-state index >= 15 is 0 Å². The van der Waals surface area contributed by atoms with Crippen molar-refractivity contribution in [2.45, 2.75) is 6.10 Å². The molecule has 18 heavy (non-hydrogen) atoms. The van der Waals surface area contributed by atoms with Crippen LogP contribution in [0.5, 0.6) is 0 Å². The summed E-state index contributed by atoms with van der Waals surface area (Å²) in [5, 5.41) is 15.4. The van der Waals surface area contributed by atoms with Gasteiger partial charge in [0, 0.05) is 27.0 Å². The Morgan fingerprint density at radius 2 is 2.00 bits per heavy atom. The summed E-state index contributed by atoms with van der Waals surface area (Å²) in [5.41, 5.74) is 2.69. The maximum Gasteiger partial charge on any atom is 0.107 e. The fraction of sp³-hybridized carbons (Fsp3) is 0.0714. The van der Waals surface area contributed by atoms with Crippen molar-refractivity contribution in [3.63, 3.8) is 0 Å². The molecule has 3 rings (SSSR count). The molecule has 4 heteroatoms. The van der Waals surface area contributed by atoms with Gasteiger partial charge in [0.25, 0.3) is 0 Å². The van der Waals surface area contributed by atoms with Crippen molar-refractivity contribution >= 4 is 38.2 Å². The van der Waals surface area contributed by atoms with Crippen LogP contribution in [0.3, 0.4) is 0 Å². The number of fused-ring (bicyclic) bond motifs is 1. The largest absolute Gasteiger partial charge is 0.384 e. The first-order chi connectivity index (χ1) is 8.77. The number of hydrogen-bond donors (Lipinski definition) is 1. The van der Waals surface area contributed by atoms with Gasteiger partial charge in [0.05, 0.1) is 5.52 Å². The van der Waals surface area contributed by atoms with E-state index in [0.717, 1.165) is 26.5 Å². The SMILES string of the molecule is OC(c1cscc1Br)c1cccc2ncccc12. The molecular weight excluding hydrogens is 310 g/mol. The first-order valence-corrected chi connectivity index (χ1v) is 7.24. The van der Waals surface area contributed by atoms with Crippen LogP contribution < -0.4 is 0 Å². The molecule has 2 heterocycles. The van der Waals surface area contributed by atoms with E-state index in [-0.39, 0.29) is 0 Å². The zero-order chi connectivity index (χ0) is 12.5. The number of hydrogen-bond acceptors (Lipinski definition) is 3. The smallest absolute Gasteiger partial charge is 0.107 e. The van der Waals surface area contributed by atoms with Gasteiger partial charge in [0.1, 0.15) is 6.10 Å². The van der Waals surface area contributed by atoms with Gasteiger partial charge in [-0.15, -0.1) is 0 Å². The lowest BCUT2D eigenvalue weighted by molar-refractivity contribution is 0.221. The van der Waals surface area contributed by atoms with E-state index in [9.17, 15) is 5.11 Å². The van der Waals surface area contributed by atoms with Gasteiger partial charge >= 0.3 is 0 Å². The highest BCUT2D eigenvalue weighted by molar-refractivity contribution is 9.10. The van der Waals surface area contributed by atoms with Crippen LogP contribution >= 0.6 is 27.3 Å². The maximum atomic E-state index is 10.5. The Labute approximate surface area is 117 Å². The Balaban J connectivity index is 2.18. The molecule has 3 aromatic rings. The zero-order valence-corrected chi connectivity index (χ0v) is 11.8. The van der Waals surface area contributed by atoms with Crippen molar-refractivity contribution in [3.8, 4) is 0 Å². The quantitative estimate of drug-likeness (QED) is 0.770. The van der Waals surface area contributed by atoms with Gasteiger partial charge in [-0.05, 0) is 39.0 Å². The third-order valence-corrected chi connectivity index (χ3v) is 4.66. The summed E-state index contributed by atoms with van der Waals surface area (Å²) in [6.07, 6.45) is 1.14. The minimum Gasteiger partial charge on any atom is -0.384 e. The molecule has 0 spiro atoms. The summed E-state index contributed by atoms with van der Waals surface area (Å²) in [6.45, 7) is 0. The second-order valence-electron chi connectivity index (χ2n) is 3.99. The lowest BCUT2D eigenvalue weighted by Crippen LogP contribution is -2.00. The van der Waals surface area contributed by atoms with E-state index in [1.54, 1.807) is 17.5 Å². The average molecular weight is 320 g/mol. The minimum atomic E-state index is -0.626. The number of aliphatic hydroxyl groups excluding tert-OH is 1. The van der Waals surface area contributed by atoms with E-state index in [2.05, 4.69) is 20.9 Å². The topological polar surface area (TPSA) is 33.1 Å². The summed E-state index contributed by atoms with van der Waals surface area (Å²) in [7, 11) is 0. The monoisotopic (exact) mass is 319 g/mol. The van der Waals surface area contributed by atoms with Crippen LogP contribution in [0.15, 0.2) is 51.8 Å². The van der Waals surface area contributed by atoms with Gasteiger partial charge in [0.15, 0.2) is 0 Å². The van der Waals surface area contributed by atoms with Gasteiger partial charge < -0.3 is 5.11 Å². The Morgan fingerprint density at radius 1 is 1.11 bits per heavy atom. The molecule has 1 aromatic carbocycles. The molecule has 2 aromatic heterocycles. The van der Waals surface area contributed by atoms with Crippen LogP contribution in [0, 0.1) is 0 Å². The fourth-order valence-corrected chi connectivity index (χ4v) is 3.55. The molecule has 0 aliphatic rings. The fourth-order valence-electron chi connectivity index (χ4n) is 2.02. The number of pyridine rings is 1. The zero-order valence-electron chi connectivity index (χ0n) is 9.38. The second kappa shape index (κ2) is 4.80. The van der Waals surface area contributed by atoms with Crippen LogP contribution in [0.4, 0.5) is 0 Å². The molecule has 0 aliphatic carbocycles. The van der Waals surface area contributed by atoms with Crippen molar-refractivity contribution in [2.24, 2.45) is 0 Å². The van der Waals surface area contributed by atoms with Gasteiger partial charge in [-0.25, -0.2) is 0 Å². The summed E-state index contributed by atoms with van der Waals surface area (Å²) in [5.74, 6) is 0. The molecule has 0 fully saturated rings. The van der Waals surface area contributed by atoms with Crippen molar-refractivity contribution < 1.29 is 5.11 Å². The van der Waals surface area contributed by atoms with E-state index in [4.69, 9.17) is 0 Å². The third-order valence-electron chi connectivity index (χ3n) is 2.91. The number of thiophene rings is 1. The number of aliphatic hydroxyl groups is 1. The predicted octanol–water partition coefficient (Wildman–Crippen LogP) is 4.14. The molecule has 0 amide bonds. The first kappa shape index (κ1) is 11.8. The van der Waals surface area contributed by atoms with Crippen LogP contribution in [0.1, 0.15) is 17.2 Å². The molecule has 2 nitrogen and oxygen atoms in total. The van der Waals surface area contributed by atoms with Crippen LogP contribution in [0.2, 0.25) is 0 Å². The summed E-state index contributed by atoms with van der Waals surface area (Å²) in [4.78, 5) is 4.31. The molecule has 1 unspecified atom stereocenters. The Morgan fingerprint density at radius 3 is 2.78 bits per heavy atom. The number of nitrogens with zero attached hydrogens (tertiary/aromatic N) is 1. The highest BCUT2D eigenvalue weighted by Crippen LogP contribution is 2.34. The molecule has 0 radical (unpaired) electrons. The minimum absolute atomic E-state index is 0.626. The Kier molecular flexibility index (Phi) is 3.16. The van der Waals surface area contributed by atoms with Crippen LogP contribution in [-0.2, 0) is 0 Å². The third kappa shape index (κ3) is 1.96. The molecule has 0 saturated heterocycles. The highest BCUT2D eigenvalue weighted by Gasteiger charge is 2.16. The molecule has 0 saturated carbocycles. The van der Waals surface area contributed by atoms with Crippen LogP contribution in [0.25, 0.3) is 10.9 Å². The number of benzene rings is 1. The lowest BCUT2D eigenvalue weighted by atomic mass is 10.00. The summed E-state index contributed by atoms with van der Waals surface area (Å²) in [6, 6.07) is 9.70. The van der Waals surface area contributed by atoms with Gasteiger partial charge in [0.2, 0.25) is 0 Å². The predicted molar refractivity (Wildman–Crippen MR) is 77.8 cm³/mol. The number of rotatable bonds is 2. The Hall–Kier alpha value is -1.23. The average Bonchev–Trinajstić information content (AvgIpc) is 2.83. The summed E-state index contributed by atoms with van der Waals surface area (Å²) >= 11 is 5.04. The normalized spacial score (nSPS) is 12.8. The standard InChI is InChI=1S/C14H10BrNOS/c15-12-8-18-7-11(12)14(17)10-3-1-5-13-9(10)4-2-6-16-13/h1-8,14,17H. The first-order valence-electron chi connectivity index (χ1n) is 5.50. The molecule has 90 valence electrons. The van der Waals surface area contributed by atoms with Crippen molar-refractivity contribution in [3.05, 3.63) is 62.9 Å². The van der Waals surface area contributed by atoms with Gasteiger partial charge in [-0.2, -0.15) is 11.3 Å². The van der Waals surface area contributed by atoms with E-state index < -0.39 is 6.10 Å². The highest BCUT2D eigenvalue weighted by atomic mass is 79.9. The molecule has 0 aliphatic heterocycles. The summed E-state index contributed by atoms with van der Waals surface area (Å²) < 4.78 is 0.945. The second-order valence-corrected chi connectivity index (χ2v) is 5.59. The Bertz CT molecular complexity index is 690. The van der Waals surface area contributed by atoms with Crippen molar-refractivity contribution in [2.75, 3.05) is 0 Å². The van der Waals surface area contributed by atoms with Crippen LogP contribution in [-0.4, -0.2) is 10.1 Å². The van der Waals surface area contributed by atoms with Gasteiger partial charge in [-0.1, -0.05) is 18.2 Å². The van der Waals surface area contributed by atoms with E-state index in [1.807, 2.05) is 41.1 Å². The van der Waals surface area contributed by atoms with Crippen molar-refractivity contribution in [1.29, 1.82) is 0 Å². The molecule has 1 atom stereocenters. The number of halogens is 1. The molecule has 0 bridgehead atoms. The maximum absolute atomic E-state index is 10.5. The van der Waals surface area contributed by atoms with E-state index in [0.29, 0.717) is 0 Å². The van der Waals surface area contributed by atoms with Gasteiger partial charge in [-0.3, -0.25) is 4.98 Å².